The lowest BCUT2D eigenvalue weighted by Crippen LogP contribution is -2.56. The van der Waals surface area contributed by atoms with Gasteiger partial charge in [0.25, 0.3) is 0 Å². The lowest BCUT2D eigenvalue weighted by atomic mass is 9.65. The van der Waals surface area contributed by atoms with Crippen molar-refractivity contribution >= 4 is 0 Å². The molecule has 1 unspecified atom stereocenters. The zero-order valence-electron chi connectivity index (χ0n) is 10.4. The second kappa shape index (κ2) is 4.60. The standard InChI is InChI=1S/C13H22N2O/c1-10(2)12(7-14-3)13(8-16-9-13)11-4-5-15-6-11/h4-6,10,12,14-15H,7-9H2,1-3H3. The number of hydrogen-bond acceptors (Lipinski definition) is 2. The summed E-state index contributed by atoms with van der Waals surface area (Å²) in [7, 11) is 2.03. The summed E-state index contributed by atoms with van der Waals surface area (Å²) in [6.07, 6.45) is 4.12. The summed E-state index contributed by atoms with van der Waals surface area (Å²) in [5.41, 5.74) is 1.62. The van der Waals surface area contributed by atoms with E-state index < -0.39 is 0 Å². The minimum atomic E-state index is 0.219. The molecule has 2 N–H and O–H groups in total. The van der Waals surface area contributed by atoms with Crippen LogP contribution in [0.3, 0.4) is 0 Å². The zero-order chi connectivity index (χ0) is 11.6. The summed E-state index contributed by atoms with van der Waals surface area (Å²) < 4.78 is 5.50. The molecule has 0 saturated carbocycles. The smallest absolute Gasteiger partial charge is 0.0589 e. The van der Waals surface area contributed by atoms with E-state index in [0.717, 1.165) is 19.8 Å². The molecule has 0 bridgehead atoms. The maximum absolute atomic E-state index is 5.50. The van der Waals surface area contributed by atoms with Crippen LogP contribution in [0.2, 0.25) is 0 Å². The van der Waals surface area contributed by atoms with Crippen molar-refractivity contribution in [2.45, 2.75) is 19.3 Å². The van der Waals surface area contributed by atoms with Crippen molar-refractivity contribution in [2.24, 2.45) is 11.8 Å². The molecule has 0 amide bonds. The second-order valence-electron chi connectivity index (χ2n) is 5.16. The Hall–Kier alpha value is -0.800. The molecule has 3 nitrogen and oxygen atoms in total. The van der Waals surface area contributed by atoms with E-state index in [0.29, 0.717) is 11.8 Å². The monoisotopic (exact) mass is 222 g/mol. The number of nitrogens with one attached hydrogen (secondary N) is 2. The number of aromatic amines is 1. The van der Waals surface area contributed by atoms with Gasteiger partial charge in [0.05, 0.1) is 13.2 Å². The molecule has 0 aliphatic carbocycles. The predicted octanol–water partition coefficient (Wildman–Crippen LogP) is 1.77. The summed E-state index contributed by atoms with van der Waals surface area (Å²) in [6, 6.07) is 2.19. The minimum absolute atomic E-state index is 0.219. The summed E-state index contributed by atoms with van der Waals surface area (Å²) in [5.74, 6) is 1.29. The molecule has 1 fully saturated rings. The summed E-state index contributed by atoms with van der Waals surface area (Å²) in [4.78, 5) is 3.16. The fraction of sp³-hybridized carbons (Fsp3) is 0.692. The van der Waals surface area contributed by atoms with Gasteiger partial charge in [0.2, 0.25) is 0 Å². The van der Waals surface area contributed by atoms with E-state index in [4.69, 9.17) is 4.74 Å². The van der Waals surface area contributed by atoms with Crippen molar-refractivity contribution in [3.05, 3.63) is 24.0 Å². The Balaban J connectivity index is 2.25. The van der Waals surface area contributed by atoms with E-state index in [9.17, 15) is 0 Å². The fourth-order valence-electron chi connectivity index (χ4n) is 2.84. The minimum Gasteiger partial charge on any atom is -0.379 e. The van der Waals surface area contributed by atoms with E-state index >= 15 is 0 Å². The average Bonchev–Trinajstić information content (AvgIpc) is 2.68. The van der Waals surface area contributed by atoms with Crippen LogP contribution in [0, 0.1) is 11.8 Å². The molecule has 90 valence electrons. The molecule has 0 radical (unpaired) electrons. The van der Waals surface area contributed by atoms with Gasteiger partial charge in [-0.25, -0.2) is 0 Å². The largest absolute Gasteiger partial charge is 0.379 e. The van der Waals surface area contributed by atoms with Gasteiger partial charge < -0.3 is 15.0 Å². The highest BCUT2D eigenvalue weighted by Crippen LogP contribution is 2.42. The van der Waals surface area contributed by atoms with Gasteiger partial charge in [0, 0.05) is 17.8 Å². The molecule has 0 spiro atoms. The maximum Gasteiger partial charge on any atom is 0.0589 e. The van der Waals surface area contributed by atoms with Crippen LogP contribution in [0.15, 0.2) is 18.5 Å². The number of aromatic nitrogens is 1. The third-order valence-electron chi connectivity index (χ3n) is 3.83. The Labute approximate surface area is 97.6 Å². The molecule has 16 heavy (non-hydrogen) atoms. The van der Waals surface area contributed by atoms with E-state index in [1.807, 2.05) is 13.2 Å². The first-order chi connectivity index (χ1) is 7.70. The van der Waals surface area contributed by atoms with Crippen molar-refractivity contribution in [1.29, 1.82) is 0 Å². The van der Waals surface area contributed by atoms with Crippen LogP contribution in [0.25, 0.3) is 0 Å². The third-order valence-corrected chi connectivity index (χ3v) is 3.83. The van der Waals surface area contributed by atoms with Gasteiger partial charge in [0.15, 0.2) is 0 Å². The molecule has 3 heteroatoms. The molecule has 1 atom stereocenters. The average molecular weight is 222 g/mol. The number of ether oxygens (including phenoxy) is 1. The van der Waals surface area contributed by atoms with Crippen LogP contribution in [-0.4, -0.2) is 31.8 Å². The topological polar surface area (TPSA) is 37.0 Å². The first-order valence-corrected chi connectivity index (χ1v) is 6.06. The Morgan fingerprint density at radius 2 is 2.25 bits per heavy atom. The highest BCUT2D eigenvalue weighted by molar-refractivity contribution is 5.27. The highest BCUT2D eigenvalue weighted by Gasteiger charge is 2.47. The van der Waals surface area contributed by atoms with Gasteiger partial charge in [-0.05, 0) is 37.1 Å². The fourth-order valence-corrected chi connectivity index (χ4v) is 2.84. The van der Waals surface area contributed by atoms with E-state index in [2.05, 4.69) is 36.4 Å². The Kier molecular flexibility index (Phi) is 3.36. The van der Waals surface area contributed by atoms with Crippen LogP contribution >= 0.6 is 0 Å². The first-order valence-electron chi connectivity index (χ1n) is 6.06. The Morgan fingerprint density at radius 1 is 1.50 bits per heavy atom. The molecule has 2 rings (SSSR count). The summed E-state index contributed by atoms with van der Waals surface area (Å²) in [5, 5.41) is 3.32. The SMILES string of the molecule is CNCC(C(C)C)C1(c2cc[nH]c2)COC1. The van der Waals surface area contributed by atoms with Crippen molar-refractivity contribution in [2.75, 3.05) is 26.8 Å². The van der Waals surface area contributed by atoms with Crippen molar-refractivity contribution in [3.8, 4) is 0 Å². The maximum atomic E-state index is 5.50. The van der Waals surface area contributed by atoms with Crippen LogP contribution < -0.4 is 5.32 Å². The Morgan fingerprint density at radius 3 is 2.62 bits per heavy atom. The van der Waals surface area contributed by atoms with Crippen LogP contribution in [0.4, 0.5) is 0 Å². The zero-order valence-corrected chi connectivity index (χ0v) is 10.4. The lowest BCUT2D eigenvalue weighted by molar-refractivity contribution is -0.0994. The van der Waals surface area contributed by atoms with Gasteiger partial charge >= 0.3 is 0 Å². The van der Waals surface area contributed by atoms with Crippen LogP contribution in [0.1, 0.15) is 19.4 Å². The molecular formula is C13H22N2O. The molecule has 0 aromatic carbocycles. The van der Waals surface area contributed by atoms with Gasteiger partial charge in [-0.2, -0.15) is 0 Å². The normalized spacial score (nSPS) is 20.8. The van der Waals surface area contributed by atoms with Gasteiger partial charge in [-0.3, -0.25) is 0 Å². The molecule has 1 aromatic rings. The molecule has 1 aliphatic heterocycles. The molecule has 2 heterocycles. The molecule has 1 aliphatic rings. The first kappa shape index (κ1) is 11.7. The molecule has 1 saturated heterocycles. The number of hydrogen-bond donors (Lipinski definition) is 2. The Bertz CT molecular complexity index is 315. The van der Waals surface area contributed by atoms with E-state index in [1.54, 1.807) is 0 Å². The number of H-pyrrole nitrogens is 1. The van der Waals surface area contributed by atoms with Crippen LogP contribution in [-0.2, 0) is 10.2 Å². The quantitative estimate of drug-likeness (QED) is 0.796. The van der Waals surface area contributed by atoms with Gasteiger partial charge in [-0.1, -0.05) is 13.8 Å². The lowest BCUT2D eigenvalue weighted by Gasteiger charge is -2.49. The van der Waals surface area contributed by atoms with Crippen LogP contribution in [0.5, 0.6) is 0 Å². The van der Waals surface area contributed by atoms with E-state index in [1.165, 1.54) is 5.56 Å². The summed E-state index contributed by atoms with van der Waals surface area (Å²) >= 11 is 0. The summed E-state index contributed by atoms with van der Waals surface area (Å²) in [6.45, 7) is 7.36. The number of rotatable bonds is 5. The predicted molar refractivity (Wildman–Crippen MR) is 65.5 cm³/mol. The van der Waals surface area contributed by atoms with Gasteiger partial charge in [0.1, 0.15) is 0 Å². The van der Waals surface area contributed by atoms with Crippen molar-refractivity contribution in [3.63, 3.8) is 0 Å². The highest BCUT2D eigenvalue weighted by atomic mass is 16.5. The van der Waals surface area contributed by atoms with Gasteiger partial charge in [-0.15, -0.1) is 0 Å². The molecule has 1 aromatic heterocycles. The van der Waals surface area contributed by atoms with Crippen molar-refractivity contribution < 1.29 is 4.74 Å². The second-order valence-corrected chi connectivity index (χ2v) is 5.16. The van der Waals surface area contributed by atoms with Crippen molar-refractivity contribution in [1.82, 2.24) is 10.3 Å². The molecular weight excluding hydrogens is 200 g/mol. The third kappa shape index (κ3) is 1.78. The van der Waals surface area contributed by atoms with E-state index in [-0.39, 0.29) is 5.41 Å².